The van der Waals surface area contributed by atoms with Gasteiger partial charge in [0.05, 0.1) is 17.3 Å². The van der Waals surface area contributed by atoms with Crippen molar-refractivity contribution in [2.24, 2.45) is 0 Å². The van der Waals surface area contributed by atoms with Crippen LogP contribution in [-0.4, -0.2) is 29.6 Å². The molecule has 0 saturated heterocycles. The van der Waals surface area contributed by atoms with E-state index in [0.29, 0.717) is 18.5 Å². The van der Waals surface area contributed by atoms with Crippen LogP contribution in [0.3, 0.4) is 0 Å². The number of sulfonamides is 1. The van der Waals surface area contributed by atoms with Crippen LogP contribution in [-0.2, 0) is 16.6 Å². The molecule has 0 fully saturated rings. The average molecular weight is 309 g/mol. The van der Waals surface area contributed by atoms with E-state index < -0.39 is 16.1 Å². The molecule has 6 nitrogen and oxygen atoms in total. The minimum absolute atomic E-state index is 0.165. The fourth-order valence-electron chi connectivity index (χ4n) is 1.94. The van der Waals surface area contributed by atoms with Crippen molar-refractivity contribution in [1.29, 1.82) is 0 Å². The Balaban J connectivity index is 2.05. The van der Waals surface area contributed by atoms with Crippen molar-refractivity contribution in [1.82, 2.24) is 14.3 Å². The number of hydrogen-bond donors (Lipinski definition) is 2. The van der Waals surface area contributed by atoms with E-state index in [1.54, 1.807) is 35.4 Å². The van der Waals surface area contributed by atoms with E-state index in [0.717, 1.165) is 0 Å². The van der Waals surface area contributed by atoms with Crippen LogP contribution in [0.25, 0.3) is 0 Å². The van der Waals surface area contributed by atoms with Gasteiger partial charge in [0.25, 0.3) is 0 Å². The van der Waals surface area contributed by atoms with Gasteiger partial charge in [-0.15, -0.1) is 0 Å². The van der Waals surface area contributed by atoms with Crippen LogP contribution >= 0.6 is 0 Å². The largest absolute Gasteiger partial charge is 0.388 e. The third-order valence-electron chi connectivity index (χ3n) is 3.16. The summed E-state index contributed by atoms with van der Waals surface area (Å²) >= 11 is 0. The lowest BCUT2D eigenvalue weighted by Gasteiger charge is -2.11. The van der Waals surface area contributed by atoms with Gasteiger partial charge in [0.2, 0.25) is 10.0 Å². The van der Waals surface area contributed by atoms with Crippen molar-refractivity contribution in [3.05, 3.63) is 48.5 Å². The summed E-state index contributed by atoms with van der Waals surface area (Å²) in [5, 5.41) is 9.80. The van der Waals surface area contributed by atoms with E-state index in [-0.39, 0.29) is 11.4 Å². The first-order valence-electron chi connectivity index (χ1n) is 6.76. The lowest BCUT2D eigenvalue weighted by molar-refractivity contribution is 0.173. The van der Waals surface area contributed by atoms with Gasteiger partial charge < -0.3 is 9.67 Å². The maximum atomic E-state index is 12.2. The predicted molar refractivity (Wildman–Crippen MR) is 79.1 cm³/mol. The van der Waals surface area contributed by atoms with Crippen molar-refractivity contribution in [2.75, 3.05) is 6.54 Å². The molecule has 0 saturated carbocycles. The van der Waals surface area contributed by atoms with E-state index in [9.17, 15) is 13.5 Å². The van der Waals surface area contributed by atoms with Crippen LogP contribution in [0.15, 0.2) is 47.9 Å². The molecule has 0 amide bonds. The second-order valence-corrected chi connectivity index (χ2v) is 6.46. The number of benzene rings is 1. The minimum atomic E-state index is -3.57. The van der Waals surface area contributed by atoms with Gasteiger partial charge in [-0.1, -0.05) is 19.1 Å². The van der Waals surface area contributed by atoms with E-state index in [1.165, 1.54) is 12.1 Å². The second kappa shape index (κ2) is 6.84. The van der Waals surface area contributed by atoms with Crippen molar-refractivity contribution in [3.8, 4) is 0 Å². The summed E-state index contributed by atoms with van der Waals surface area (Å²) < 4.78 is 28.7. The van der Waals surface area contributed by atoms with Crippen LogP contribution < -0.4 is 4.72 Å². The highest BCUT2D eigenvalue weighted by atomic mass is 32.2. The summed E-state index contributed by atoms with van der Waals surface area (Å²) in [5.74, 6) is 0. The average Bonchev–Trinajstić information content (AvgIpc) is 2.99. The first-order valence-corrected chi connectivity index (χ1v) is 8.24. The molecule has 1 heterocycles. The molecule has 1 unspecified atom stereocenters. The summed E-state index contributed by atoms with van der Waals surface area (Å²) in [6.45, 7) is 2.63. The Morgan fingerprint density at radius 3 is 2.90 bits per heavy atom. The number of nitrogens with zero attached hydrogens (tertiary/aromatic N) is 2. The second-order valence-electron chi connectivity index (χ2n) is 4.69. The highest BCUT2D eigenvalue weighted by Crippen LogP contribution is 2.19. The Labute approximate surface area is 124 Å². The van der Waals surface area contributed by atoms with Gasteiger partial charge in [0.15, 0.2) is 0 Å². The molecule has 2 N–H and O–H groups in total. The number of imidazole rings is 1. The summed E-state index contributed by atoms with van der Waals surface area (Å²) in [4.78, 5) is 4.06. The Morgan fingerprint density at radius 1 is 1.43 bits per heavy atom. The quantitative estimate of drug-likeness (QED) is 0.807. The molecular weight excluding hydrogens is 290 g/mol. The predicted octanol–water partition coefficient (Wildman–Crippen LogP) is 1.31. The molecule has 1 atom stereocenters. The molecule has 1 aromatic heterocycles. The zero-order valence-electron chi connectivity index (χ0n) is 11.8. The van der Waals surface area contributed by atoms with Crippen molar-refractivity contribution >= 4 is 10.0 Å². The number of aliphatic hydroxyl groups excluding tert-OH is 1. The molecule has 1 aromatic carbocycles. The Bertz CT molecular complexity index is 669. The van der Waals surface area contributed by atoms with E-state index >= 15 is 0 Å². The van der Waals surface area contributed by atoms with Crippen LogP contribution in [0.2, 0.25) is 0 Å². The van der Waals surface area contributed by atoms with Crippen LogP contribution in [0.4, 0.5) is 0 Å². The van der Waals surface area contributed by atoms with E-state index in [2.05, 4.69) is 9.71 Å². The molecule has 0 spiro atoms. The zero-order chi connectivity index (χ0) is 15.3. The Morgan fingerprint density at radius 2 is 2.24 bits per heavy atom. The summed E-state index contributed by atoms with van der Waals surface area (Å²) in [5.41, 5.74) is 0.606. The molecule has 7 heteroatoms. The smallest absolute Gasteiger partial charge is 0.240 e. The van der Waals surface area contributed by atoms with Crippen LogP contribution in [0.1, 0.15) is 25.0 Å². The van der Waals surface area contributed by atoms with Gasteiger partial charge in [-0.2, -0.15) is 0 Å². The maximum Gasteiger partial charge on any atom is 0.240 e. The molecule has 2 aromatic rings. The summed E-state index contributed by atoms with van der Waals surface area (Å²) in [6, 6.07) is 6.39. The van der Waals surface area contributed by atoms with Crippen molar-refractivity contribution in [2.45, 2.75) is 30.9 Å². The molecule has 0 aliphatic carbocycles. The topological polar surface area (TPSA) is 84.2 Å². The van der Waals surface area contributed by atoms with E-state index in [1.807, 2.05) is 6.92 Å². The number of nitrogens with one attached hydrogen (secondary N) is 1. The van der Waals surface area contributed by atoms with Gasteiger partial charge in [-0.3, -0.25) is 0 Å². The van der Waals surface area contributed by atoms with Gasteiger partial charge in [-0.05, 0) is 24.1 Å². The van der Waals surface area contributed by atoms with Crippen LogP contribution in [0, 0.1) is 0 Å². The van der Waals surface area contributed by atoms with Gasteiger partial charge in [-0.25, -0.2) is 18.1 Å². The third-order valence-corrected chi connectivity index (χ3v) is 4.62. The fourth-order valence-corrected chi connectivity index (χ4v) is 3.01. The molecule has 0 aliphatic heterocycles. The molecule has 2 rings (SSSR count). The first kappa shape index (κ1) is 15.7. The van der Waals surface area contributed by atoms with Gasteiger partial charge >= 0.3 is 0 Å². The first-order chi connectivity index (χ1) is 10.0. The maximum absolute atomic E-state index is 12.2. The SMILES string of the molecule is CCC(O)c1cccc(S(=O)(=O)NCCn2ccnc2)c1. The third kappa shape index (κ3) is 4.13. The Kier molecular flexibility index (Phi) is 5.11. The van der Waals surface area contributed by atoms with Gasteiger partial charge in [0.1, 0.15) is 0 Å². The molecular formula is C14H19N3O3S. The number of hydrogen-bond acceptors (Lipinski definition) is 4. The highest BCUT2D eigenvalue weighted by molar-refractivity contribution is 7.89. The summed E-state index contributed by atoms with van der Waals surface area (Å²) in [7, 11) is -3.57. The minimum Gasteiger partial charge on any atom is -0.388 e. The molecule has 0 aliphatic rings. The van der Waals surface area contributed by atoms with Crippen molar-refractivity contribution < 1.29 is 13.5 Å². The highest BCUT2D eigenvalue weighted by Gasteiger charge is 2.15. The lowest BCUT2D eigenvalue weighted by atomic mass is 10.1. The lowest BCUT2D eigenvalue weighted by Crippen LogP contribution is -2.27. The fraction of sp³-hybridized carbons (Fsp3) is 0.357. The van der Waals surface area contributed by atoms with Crippen molar-refractivity contribution in [3.63, 3.8) is 0 Å². The molecule has 0 radical (unpaired) electrons. The number of aromatic nitrogens is 2. The summed E-state index contributed by atoms with van der Waals surface area (Å²) in [6.07, 6.45) is 4.94. The zero-order valence-corrected chi connectivity index (χ0v) is 12.6. The molecule has 114 valence electrons. The number of rotatable bonds is 7. The Hall–Kier alpha value is -1.70. The molecule has 21 heavy (non-hydrogen) atoms. The van der Waals surface area contributed by atoms with Gasteiger partial charge in [0, 0.05) is 25.5 Å². The monoisotopic (exact) mass is 309 g/mol. The molecule has 0 bridgehead atoms. The standard InChI is InChI=1S/C14H19N3O3S/c1-2-14(18)12-4-3-5-13(10-12)21(19,20)16-7-9-17-8-6-15-11-17/h3-6,8,10-11,14,16,18H,2,7,9H2,1H3. The van der Waals surface area contributed by atoms with Crippen LogP contribution in [0.5, 0.6) is 0 Å². The number of aliphatic hydroxyl groups is 1. The van der Waals surface area contributed by atoms with E-state index in [4.69, 9.17) is 0 Å². The normalized spacial score (nSPS) is 13.2.